The number of imide groups is 1. The van der Waals surface area contributed by atoms with E-state index in [1.807, 2.05) is 31.2 Å². The molecule has 1 saturated heterocycles. The molecule has 5 heteroatoms. The van der Waals surface area contributed by atoms with Gasteiger partial charge in [0.15, 0.2) is 0 Å². The highest BCUT2D eigenvalue weighted by molar-refractivity contribution is 6.23. The number of anilines is 2. The first-order valence-corrected chi connectivity index (χ1v) is 7.00. The van der Waals surface area contributed by atoms with Gasteiger partial charge in [0, 0.05) is 5.69 Å². The normalized spacial score (nSPS) is 17.9. The molecule has 1 aliphatic heterocycles. The van der Waals surface area contributed by atoms with Crippen LogP contribution in [0.1, 0.15) is 12.0 Å². The Kier molecular flexibility index (Phi) is 3.63. The summed E-state index contributed by atoms with van der Waals surface area (Å²) in [6.45, 7) is 1.98. The summed E-state index contributed by atoms with van der Waals surface area (Å²) < 4.78 is 13.0. The van der Waals surface area contributed by atoms with Crippen molar-refractivity contribution in [1.29, 1.82) is 0 Å². The molecule has 1 fully saturated rings. The van der Waals surface area contributed by atoms with Crippen molar-refractivity contribution in [2.24, 2.45) is 0 Å². The summed E-state index contributed by atoms with van der Waals surface area (Å²) in [4.78, 5) is 25.6. The molecule has 4 nitrogen and oxygen atoms in total. The Morgan fingerprint density at radius 2 is 1.68 bits per heavy atom. The maximum Gasteiger partial charge on any atom is 0.256 e. The Balaban J connectivity index is 1.79. The predicted molar refractivity (Wildman–Crippen MR) is 82.1 cm³/mol. The van der Waals surface area contributed by atoms with Gasteiger partial charge < -0.3 is 5.32 Å². The Morgan fingerprint density at radius 1 is 1.05 bits per heavy atom. The number of hydrogen-bond acceptors (Lipinski definition) is 3. The number of rotatable bonds is 3. The van der Waals surface area contributed by atoms with Crippen LogP contribution in [0.2, 0.25) is 0 Å². The Morgan fingerprint density at radius 3 is 2.32 bits per heavy atom. The van der Waals surface area contributed by atoms with Crippen LogP contribution in [0.3, 0.4) is 0 Å². The molecule has 1 N–H and O–H groups in total. The third kappa shape index (κ3) is 2.70. The number of carbonyl (C=O) groups excluding carboxylic acids is 2. The lowest BCUT2D eigenvalue weighted by Gasteiger charge is -2.16. The molecule has 3 rings (SSSR count). The van der Waals surface area contributed by atoms with Crippen molar-refractivity contribution < 1.29 is 14.0 Å². The van der Waals surface area contributed by atoms with E-state index in [9.17, 15) is 14.0 Å². The summed E-state index contributed by atoms with van der Waals surface area (Å²) in [6, 6.07) is 12.3. The van der Waals surface area contributed by atoms with Gasteiger partial charge in [-0.15, -0.1) is 0 Å². The highest BCUT2D eigenvalue weighted by atomic mass is 19.1. The van der Waals surface area contributed by atoms with Crippen molar-refractivity contribution in [2.75, 3.05) is 10.2 Å². The fourth-order valence-corrected chi connectivity index (χ4v) is 2.46. The first kappa shape index (κ1) is 14.3. The summed E-state index contributed by atoms with van der Waals surface area (Å²) in [5.74, 6) is -1.02. The summed E-state index contributed by atoms with van der Waals surface area (Å²) in [7, 11) is 0. The quantitative estimate of drug-likeness (QED) is 0.886. The molecule has 0 aromatic heterocycles. The van der Waals surface area contributed by atoms with E-state index >= 15 is 0 Å². The molecule has 2 amide bonds. The van der Waals surface area contributed by atoms with Gasteiger partial charge in [-0.25, -0.2) is 9.29 Å². The second kappa shape index (κ2) is 5.60. The zero-order valence-electron chi connectivity index (χ0n) is 12.0. The van der Waals surface area contributed by atoms with E-state index in [2.05, 4.69) is 5.32 Å². The molecule has 0 saturated carbocycles. The second-order valence-corrected chi connectivity index (χ2v) is 5.31. The molecule has 112 valence electrons. The van der Waals surface area contributed by atoms with E-state index in [0.29, 0.717) is 5.69 Å². The molecule has 1 atom stereocenters. The van der Waals surface area contributed by atoms with Crippen molar-refractivity contribution in [3.63, 3.8) is 0 Å². The molecule has 0 radical (unpaired) electrons. The number of aryl methyl sites for hydroxylation is 1. The van der Waals surface area contributed by atoms with Gasteiger partial charge in [-0.2, -0.15) is 0 Å². The lowest BCUT2D eigenvalue weighted by atomic mass is 10.2. The van der Waals surface area contributed by atoms with Crippen LogP contribution in [-0.2, 0) is 9.59 Å². The number of nitrogens with zero attached hydrogens (tertiary/aromatic N) is 1. The van der Waals surface area contributed by atoms with Gasteiger partial charge in [0.05, 0.1) is 12.1 Å². The lowest BCUT2D eigenvalue weighted by molar-refractivity contribution is -0.121. The van der Waals surface area contributed by atoms with Crippen LogP contribution in [-0.4, -0.2) is 17.9 Å². The third-order valence-electron chi connectivity index (χ3n) is 3.62. The van der Waals surface area contributed by atoms with E-state index < -0.39 is 11.9 Å². The van der Waals surface area contributed by atoms with Gasteiger partial charge in [0.25, 0.3) is 5.91 Å². The van der Waals surface area contributed by atoms with Crippen molar-refractivity contribution >= 4 is 23.2 Å². The van der Waals surface area contributed by atoms with E-state index in [4.69, 9.17) is 0 Å². The van der Waals surface area contributed by atoms with E-state index in [1.54, 1.807) is 0 Å². The third-order valence-corrected chi connectivity index (χ3v) is 3.62. The number of nitrogens with one attached hydrogen (secondary N) is 1. The Labute approximate surface area is 127 Å². The first-order chi connectivity index (χ1) is 10.5. The van der Waals surface area contributed by atoms with Crippen LogP contribution in [0.25, 0.3) is 0 Å². The highest BCUT2D eigenvalue weighted by Crippen LogP contribution is 2.25. The summed E-state index contributed by atoms with van der Waals surface area (Å²) in [5.41, 5.74) is 2.30. The van der Waals surface area contributed by atoms with E-state index in [1.165, 1.54) is 24.3 Å². The zero-order valence-corrected chi connectivity index (χ0v) is 12.0. The number of halogens is 1. The first-order valence-electron chi connectivity index (χ1n) is 7.00. The average Bonchev–Trinajstić information content (AvgIpc) is 2.77. The second-order valence-electron chi connectivity index (χ2n) is 5.31. The summed E-state index contributed by atoms with van der Waals surface area (Å²) >= 11 is 0. The molecular weight excluding hydrogens is 283 g/mol. The minimum absolute atomic E-state index is 0.0874. The van der Waals surface area contributed by atoms with Gasteiger partial charge >= 0.3 is 0 Å². The van der Waals surface area contributed by atoms with Gasteiger partial charge in [0.2, 0.25) is 5.91 Å². The number of carbonyl (C=O) groups is 2. The number of benzene rings is 2. The molecule has 2 aromatic carbocycles. The topological polar surface area (TPSA) is 49.4 Å². The fourth-order valence-electron chi connectivity index (χ4n) is 2.46. The standard InChI is InChI=1S/C17H15FN2O2/c1-11-2-6-13(7-3-11)19-15-10-16(21)20(17(15)22)14-8-4-12(18)5-9-14/h2-9,15,19H,10H2,1H3/t15-/m1/s1. The summed E-state index contributed by atoms with van der Waals surface area (Å²) in [6.07, 6.45) is 0.0874. The molecule has 0 unspecified atom stereocenters. The van der Waals surface area contributed by atoms with Gasteiger partial charge in [0.1, 0.15) is 11.9 Å². The highest BCUT2D eigenvalue weighted by Gasteiger charge is 2.39. The van der Waals surface area contributed by atoms with Crippen molar-refractivity contribution in [1.82, 2.24) is 0 Å². The summed E-state index contributed by atoms with van der Waals surface area (Å²) in [5, 5.41) is 3.07. The minimum Gasteiger partial charge on any atom is -0.373 e. The van der Waals surface area contributed by atoms with Crippen molar-refractivity contribution in [2.45, 2.75) is 19.4 Å². The zero-order chi connectivity index (χ0) is 15.7. The largest absolute Gasteiger partial charge is 0.373 e. The van der Waals surface area contributed by atoms with Crippen molar-refractivity contribution in [3.05, 3.63) is 59.9 Å². The molecule has 2 aromatic rings. The van der Waals surface area contributed by atoms with Crippen LogP contribution in [0.4, 0.5) is 15.8 Å². The average molecular weight is 298 g/mol. The molecule has 0 spiro atoms. The van der Waals surface area contributed by atoms with Crippen LogP contribution in [0.15, 0.2) is 48.5 Å². The van der Waals surface area contributed by atoms with Gasteiger partial charge in [-0.3, -0.25) is 9.59 Å². The van der Waals surface area contributed by atoms with Crippen LogP contribution in [0, 0.1) is 12.7 Å². The molecule has 0 bridgehead atoms. The Hall–Kier alpha value is -2.69. The maximum atomic E-state index is 13.0. The van der Waals surface area contributed by atoms with Crippen molar-refractivity contribution in [3.8, 4) is 0 Å². The molecular formula is C17H15FN2O2. The Bertz CT molecular complexity index is 710. The van der Waals surface area contributed by atoms with Gasteiger partial charge in [-0.1, -0.05) is 17.7 Å². The molecule has 0 aliphatic carbocycles. The van der Waals surface area contributed by atoms with Gasteiger partial charge in [-0.05, 0) is 43.3 Å². The number of amides is 2. The lowest BCUT2D eigenvalue weighted by Crippen LogP contribution is -2.34. The van der Waals surface area contributed by atoms with Crippen LogP contribution in [0.5, 0.6) is 0 Å². The monoisotopic (exact) mass is 298 g/mol. The van der Waals surface area contributed by atoms with Crippen LogP contribution >= 0.6 is 0 Å². The smallest absolute Gasteiger partial charge is 0.256 e. The van der Waals surface area contributed by atoms with E-state index in [-0.39, 0.29) is 18.2 Å². The number of hydrogen-bond donors (Lipinski definition) is 1. The minimum atomic E-state index is -0.597. The maximum absolute atomic E-state index is 13.0. The SMILES string of the molecule is Cc1ccc(N[C@@H]2CC(=O)N(c3ccc(F)cc3)C2=O)cc1. The van der Waals surface area contributed by atoms with E-state index in [0.717, 1.165) is 16.2 Å². The molecule has 1 aliphatic rings. The van der Waals surface area contributed by atoms with Crippen LogP contribution < -0.4 is 10.2 Å². The predicted octanol–water partition coefficient (Wildman–Crippen LogP) is 2.88. The fraction of sp³-hybridized carbons (Fsp3) is 0.176. The molecule has 22 heavy (non-hydrogen) atoms. The molecule has 1 heterocycles.